The van der Waals surface area contributed by atoms with Crippen molar-refractivity contribution in [2.45, 2.75) is 58.7 Å². The highest BCUT2D eigenvalue weighted by atomic mass is 16.6. The molecule has 0 atom stereocenters. The van der Waals surface area contributed by atoms with E-state index in [1.54, 1.807) is 4.90 Å². The second-order valence-electron chi connectivity index (χ2n) is 15.2. The number of piperidine rings is 1. The first-order chi connectivity index (χ1) is 25.7. The maximum Gasteiger partial charge on any atom is 0.410 e. The van der Waals surface area contributed by atoms with E-state index in [0.29, 0.717) is 37.0 Å². The predicted octanol–water partition coefficient (Wildman–Crippen LogP) is 7.67. The number of hydrogen-bond acceptors (Lipinski definition) is 9. The van der Waals surface area contributed by atoms with Crippen molar-refractivity contribution in [3.05, 3.63) is 96.1 Å². The number of nitrogens with one attached hydrogen (secondary N) is 1. The van der Waals surface area contributed by atoms with Gasteiger partial charge in [-0.3, -0.25) is 0 Å². The van der Waals surface area contributed by atoms with Crippen LogP contribution in [0.4, 0.5) is 22.2 Å². The molecule has 0 aliphatic carbocycles. The number of carbonyl (C=O) groups is 1. The lowest BCUT2D eigenvalue weighted by molar-refractivity contribution is 0.0164. The Morgan fingerprint density at radius 2 is 1.55 bits per heavy atom. The number of carbonyl (C=O) groups excluding carboxylic acids is 1. The molecule has 2 fully saturated rings. The maximum atomic E-state index is 12.6. The van der Waals surface area contributed by atoms with E-state index in [0.717, 1.165) is 75.1 Å². The second-order valence-corrected chi connectivity index (χ2v) is 15.2. The summed E-state index contributed by atoms with van der Waals surface area (Å²) in [6.07, 6.45) is 3.28. The molecule has 5 aromatic rings. The average Bonchev–Trinajstić information content (AvgIpc) is 3.18. The topological polar surface area (TPSA) is 103 Å². The number of likely N-dealkylation sites (tertiary alicyclic amines) is 1. The fourth-order valence-corrected chi connectivity index (χ4v) is 7.34. The number of aromatic nitrogens is 2. The molecule has 2 aliphatic rings. The predicted molar refractivity (Wildman–Crippen MR) is 213 cm³/mol. The minimum Gasteiger partial charge on any atom is -0.493 e. The zero-order valence-corrected chi connectivity index (χ0v) is 31.3. The van der Waals surface area contributed by atoms with Gasteiger partial charge in [-0.25, -0.2) is 9.78 Å². The first kappa shape index (κ1) is 36.3. The molecule has 7 rings (SSSR count). The maximum absolute atomic E-state index is 12.6. The summed E-state index contributed by atoms with van der Waals surface area (Å²) in [6.45, 7) is 11.4. The SMILES string of the molecule is CC(C)(C)OC(=O)N1CCC(COc2cc3nc(N4CCN(c5ccccc5)CC4)nc(NCCCc4cccc5ccccc45)c3cc2CO)CC1. The zero-order valence-electron chi connectivity index (χ0n) is 31.3. The van der Waals surface area contributed by atoms with Gasteiger partial charge in [0.15, 0.2) is 0 Å². The van der Waals surface area contributed by atoms with Gasteiger partial charge in [0.1, 0.15) is 17.2 Å². The zero-order chi connectivity index (χ0) is 36.8. The van der Waals surface area contributed by atoms with Gasteiger partial charge in [0, 0.05) is 68.5 Å². The molecule has 2 saturated heterocycles. The van der Waals surface area contributed by atoms with Crippen molar-refractivity contribution in [1.82, 2.24) is 14.9 Å². The van der Waals surface area contributed by atoms with Gasteiger partial charge in [-0.15, -0.1) is 0 Å². The molecule has 2 N–H and O–H groups in total. The number of anilines is 3. The number of rotatable bonds is 11. The van der Waals surface area contributed by atoms with E-state index in [1.807, 2.05) is 32.9 Å². The number of hydrogen-bond donors (Lipinski definition) is 2. The fraction of sp³-hybridized carbons (Fsp3) is 0.419. The normalized spacial score (nSPS) is 15.6. The van der Waals surface area contributed by atoms with Gasteiger partial charge in [-0.2, -0.15) is 4.98 Å². The summed E-state index contributed by atoms with van der Waals surface area (Å²) in [7, 11) is 0. The van der Waals surface area contributed by atoms with Crippen molar-refractivity contribution in [2.24, 2.45) is 5.92 Å². The molecule has 0 radical (unpaired) electrons. The van der Waals surface area contributed by atoms with Crippen LogP contribution >= 0.6 is 0 Å². The van der Waals surface area contributed by atoms with Gasteiger partial charge in [0.25, 0.3) is 0 Å². The molecule has 1 aromatic heterocycles. The molecule has 0 unspecified atom stereocenters. The molecule has 10 nitrogen and oxygen atoms in total. The Kier molecular flexibility index (Phi) is 11.1. The third kappa shape index (κ3) is 8.93. The summed E-state index contributed by atoms with van der Waals surface area (Å²) in [5.74, 6) is 2.38. The van der Waals surface area contributed by atoms with E-state index in [2.05, 4.69) is 87.9 Å². The molecular weight excluding hydrogens is 665 g/mol. The molecule has 3 heterocycles. The molecule has 4 aromatic carbocycles. The molecule has 278 valence electrons. The van der Waals surface area contributed by atoms with E-state index in [-0.39, 0.29) is 18.6 Å². The number of nitrogens with zero attached hydrogens (tertiary/aromatic N) is 5. The summed E-state index contributed by atoms with van der Waals surface area (Å²) < 4.78 is 12.0. The van der Waals surface area contributed by atoms with Crippen molar-refractivity contribution in [1.29, 1.82) is 0 Å². The van der Waals surface area contributed by atoms with Gasteiger partial charge in [-0.05, 0) is 86.9 Å². The number of ether oxygens (including phenoxy) is 2. The first-order valence-corrected chi connectivity index (χ1v) is 19.1. The largest absolute Gasteiger partial charge is 0.493 e. The Labute approximate surface area is 312 Å². The summed E-state index contributed by atoms with van der Waals surface area (Å²) in [4.78, 5) is 29.2. The quantitative estimate of drug-likeness (QED) is 0.133. The summed E-state index contributed by atoms with van der Waals surface area (Å²) >= 11 is 0. The summed E-state index contributed by atoms with van der Waals surface area (Å²) in [6, 6.07) is 29.5. The van der Waals surface area contributed by atoms with Crippen molar-refractivity contribution >= 4 is 45.2 Å². The smallest absolute Gasteiger partial charge is 0.410 e. The molecule has 1 amide bonds. The first-order valence-electron chi connectivity index (χ1n) is 19.1. The summed E-state index contributed by atoms with van der Waals surface area (Å²) in [5.41, 5.74) is 3.54. The molecule has 2 aliphatic heterocycles. The van der Waals surface area contributed by atoms with Crippen LogP contribution in [0.15, 0.2) is 84.9 Å². The van der Waals surface area contributed by atoms with Crippen LogP contribution in [0.2, 0.25) is 0 Å². The fourth-order valence-electron chi connectivity index (χ4n) is 7.34. The van der Waals surface area contributed by atoms with Crippen molar-refractivity contribution in [2.75, 3.05) is 67.5 Å². The molecular formula is C43H52N6O4. The molecule has 53 heavy (non-hydrogen) atoms. The van der Waals surface area contributed by atoms with Crippen molar-refractivity contribution < 1.29 is 19.4 Å². The number of amides is 1. The second kappa shape index (κ2) is 16.3. The molecule has 0 bridgehead atoms. The Hall–Kier alpha value is -5.09. The number of aryl methyl sites for hydroxylation is 1. The number of piperazine rings is 1. The van der Waals surface area contributed by atoms with E-state index in [1.165, 1.54) is 22.0 Å². The summed E-state index contributed by atoms with van der Waals surface area (Å²) in [5, 5.41) is 17.6. The number of fused-ring (bicyclic) bond motifs is 2. The van der Waals surface area contributed by atoms with Gasteiger partial charge < -0.3 is 34.6 Å². The third-order valence-corrected chi connectivity index (χ3v) is 10.3. The lowest BCUT2D eigenvalue weighted by Gasteiger charge is -2.36. The number of benzene rings is 4. The van der Waals surface area contributed by atoms with Gasteiger partial charge >= 0.3 is 6.09 Å². The van der Waals surface area contributed by atoms with Crippen LogP contribution in [0.25, 0.3) is 21.7 Å². The van der Waals surface area contributed by atoms with E-state index >= 15 is 0 Å². The lowest BCUT2D eigenvalue weighted by atomic mass is 9.98. The van der Waals surface area contributed by atoms with Crippen LogP contribution < -0.4 is 19.9 Å². The lowest BCUT2D eigenvalue weighted by Crippen LogP contribution is -2.47. The van der Waals surface area contributed by atoms with E-state index in [9.17, 15) is 9.90 Å². The molecule has 0 spiro atoms. The van der Waals surface area contributed by atoms with Crippen LogP contribution in [0.1, 0.15) is 51.2 Å². The highest BCUT2D eigenvalue weighted by molar-refractivity contribution is 5.92. The number of aliphatic hydroxyl groups excluding tert-OH is 1. The molecule has 0 saturated carbocycles. The monoisotopic (exact) mass is 716 g/mol. The number of para-hydroxylation sites is 1. The minimum absolute atomic E-state index is 0.161. The van der Waals surface area contributed by atoms with Gasteiger partial charge in [0.05, 0.1) is 18.7 Å². The van der Waals surface area contributed by atoms with E-state index < -0.39 is 5.60 Å². The Balaban J connectivity index is 1.08. The van der Waals surface area contributed by atoms with Crippen LogP contribution in [-0.4, -0.2) is 84.1 Å². The third-order valence-electron chi connectivity index (χ3n) is 10.3. The van der Waals surface area contributed by atoms with Crippen molar-refractivity contribution in [3.8, 4) is 5.75 Å². The Bertz CT molecular complexity index is 1990. The van der Waals surface area contributed by atoms with Crippen LogP contribution in [0.5, 0.6) is 5.75 Å². The average molecular weight is 717 g/mol. The van der Waals surface area contributed by atoms with Gasteiger partial charge in [0.2, 0.25) is 5.95 Å². The number of aliphatic hydroxyl groups is 1. The minimum atomic E-state index is -0.513. The molecule has 10 heteroatoms. The van der Waals surface area contributed by atoms with Gasteiger partial charge in [-0.1, -0.05) is 60.7 Å². The standard InChI is InChI=1S/C43H52N6O4/c1-43(2,3)53-42(51)49-21-18-31(19-22-49)30-52-39-28-38-37(27-34(39)29-50)40(44-20-10-14-33-13-9-12-32-11-7-8-17-36(32)33)46-41(45-38)48-25-23-47(24-26-48)35-15-5-4-6-16-35/h4-9,11-13,15-17,27-28,31,50H,10,14,18-26,29-30H2,1-3H3,(H,44,45,46). The van der Waals surface area contributed by atoms with Crippen LogP contribution in [-0.2, 0) is 17.8 Å². The van der Waals surface area contributed by atoms with Crippen LogP contribution in [0, 0.1) is 5.92 Å². The van der Waals surface area contributed by atoms with E-state index in [4.69, 9.17) is 19.4 Å². The Morgan fingerprint density at radius 3 is 2.30 bits per heavy atom. The Morgan fingerprint density at radius 1 is 0.830 bits per heavy atom. The van der Waals surface area contributed by atoms with Crippen molar-refractivity contribution in [3.63, 3.8) is 0 Å². The highest BCUT2D eigenvalue weighted by Crippen LogP contribution is 2.33. The highest BCUT2D eigenvalue weighted by Gasteiger charge is 2.28. The van der Waals surface area contributed by atoms with Crippen LogP contribution in [0.3, 0.4) is 0 Å².